The molecule has 17 heavy (non-hydrogen) atoms. The SMILES string of the molecule is CCCCOc1nc(NN)nc(C)c1[N+](=O)[O-]. The lowest BCUT2D eigenvalue weighted by molar-refractivity contribution is -0.387. The van der Waals surface area contributed by atoms with E-state index in [1.54, 1.807) is 0 Å². The summed E-state index contributed by atoms with van der Waals surface area (Å²) in [5.41, 5.74) is 2.23. The van der Waals surface area contributed by atoms with Crippen molar-refractivity contribution in [1.82, 2.24) is 9.97 Å². The van der Waals surface area contributed by atoms with Gasteiger partial charge in [0.05, 0.1) is 11.5 Å². The van der Waals surface area contributed by atoms with E-state index in [4.69, 9.17) is 10.6 Å². The zero-order valence-electron chi connectivity index (χ0n) is 9.77. The van der Waals surface area contributed by atoms with E-state index in [-0.39, 0.29) is 23.2 Å². The number of aryl methyl sites for hydroxylation is 1. The van der Waals surface area contributed by atoms with E-state index in [0.717, 1.165) is 12.8 Å². The predicted molar refractivity (Wildman–Crippen MR) is 61.6 cm³/mol. The monoisotopic (exact) mass is 241 g/mol. The maximum Gasteiger partial charge on any atom is 0.352 e. The summed E-state index contributed by atoms with van der Waals surface area (Å²) >= 11 is 0. The third-order valence-corrected chi connectivity index (χ3v) is 2.07. The zero-order chi connectivity index (χ0) is 12.8. The summed E-state index contributed by atoms with van der Waals surface area (Å²) < 4.78 is 5.27. The van der Waals surface area contributed by atoms with Crippen LogP contribution in [-0.2, 0) is 0 Å². The van der Waals surface area contributed by atoms with Gasteiger partial charge < -0.3 is 4.74 Å². The zero-order valence-corrected chi connectivity index (χ0v) is 9.77. The Kier molecular flexibility index (Phi) is 4.58. The third-order valence-electron chi connectivity index (χ3n) is 2.07. The fraction of sp³-hybridized carbons (Fsp3) is 0.556. The molecule has 1 heterocycles. The van der Waals surface area contributed by atoms with Gasteiger partial charge >= 0.3 is 5.69 Å². The lowest BCUT2D eigenvalue weighted by atomic mass is 10.3. The second-order valence-electron chi connectivity index (χ2n) is 3.39. The minimum atomic E-state index is -0.559. The molecule has 1 aromatic heterocycles. The molecule has 8 heteroatoms. The standard InChI is InChI=1S/C9H15N5O3/c1-3-4-5-17-8-7(14(15)16)6(2)11-9(12-8)13-10/h3-5,10H2,1-2H3,(H,11,12,13). The molecule has 0 saturated heterocycles. The molecule has 0 aliphatic rings. The molecular formula is C9H15N5O3. The van der Waals surface area contributed by atoms with E-state index in [2.05, 4.69) is 15.4 Å². The smallest absolute Gasteiger partial charge is 0.352 e. The summed E-state index contributed by atoms with van der Waals surface area (Å²) in [5, 5.41) is 10.9. The molecule has 0 aliphatic carbocycles. The van der Waals surface area contributed by atoms with Crippen LogP contribution in [0.2, 0.25) is 0 Å². The van der Waals surface area contributed by atoms with Gasteiger partial charge in [0.15, 0.2) is 0 Å². The van der Waals surface area contributed by atoms with Crippen molar-refractivity contribution in [3.63, 3.8) is 0 Å². The number of hydrazine groups is 1. The quantitative estimate of drug-likeness (QED) is 0.332. The van der Waals surface area contributed by atoms with E-state index in [1.807, 2.05) is 6.92 Å². The van der Waals surface area contributed by atoms with Crippen LogP contribution in [0.3, 0.4) is 0 Å². The second kappa shape index (κ2) is 5.94. The lowest BCUT2D eigenvalue weighted by Crippen LogP contribution is -2.13. The molecule has 0 atom stereocenters. The summed E-state index contributed by atoms with van der Waals surface area (Å²) in [6.07, 6.45) is 1.73. The topological polar surface area (TPSA) is 116 Å². The molecule has 0 unspecified atom stereocenters. The summed E-state index contributed by atoms with van der Waals surface area (Å²) in [6.45, 7) is 3.88. The Hall–Kier alpha value is -1.96. The molecule has 0 aromatic carbocycles. The Morgan fingerprint density at radius 3 is 2.76 bits per heavy atom. The molecule has 0 bridgehead atoms. The van der Waals surface area contributed by atoms with Crippen molar-refractivity contribution in [3.05, 3.63) is 15.8 Å². The van der Waals surface area contributed by atoms with Crippen LogP contribution >= 0.6 is 0 Å². The maximum atomic E-state index is 10.9. The van der Waals surface area contributed by atoms with Crippen LogP contribution in [0.15, 0.2) is 0 Å². The molecule has 8 nitrogen and oxygen atoms in total. The van der Waals surface area contributed by atoms with Gasteiger partial charge in [-0.2, -0.15) is 4.98 Å². The first-order chi connectivity index (χ1) is 8.10. The molecule has 1 rings (SSSR count). The Labute approximate surface area is 98.3 Å². The van der Waals surface area contributed by atoms with E-state index >= 15 is 0 Å². The number of aromatic nitrogens is 2. The van der Waals surface area contributed by atoms with Crippen LogP contribution in [0.25, 0.3) is 0 Å². The molecule has 0 radical (unpaired) electrons. The average Bonchev–Trinajstić information content (AvgIpc) is 2.28. The average molecular weight is 241 g/mol. The molecule has 0 saturated carbocycles. The minimum absolute atomic E-state index is 0.0519. The highest BCUT2D eigenvalue weighted by molar-refractivity contribution is 5.48. The molecular weight excluding hydrogens is 226 g/mol. The van der Waals surface area contributed by atoms with Crippen molar-refractivity contribution in [1.29, 1.82) is 0 Å². The lowest BCUT2D eigenvalue weighted by Gasteiger charge is -2.08. The van der Waals surface area contributed by atoms with Crippen molar-refractivity contribution >= 4 is 11.6 Å². The summed E-state index contributed by atoms with van der Waals surface area (Å²) in [6, 6.07) is 0. The fourth-order valence-corrected chi connectivity index (χ4v) is 1.23. The van der Waals surface area contributed by atoms with Crippen LogP contribution in [0.4, 0.5) is 11.6 Å². The first kappa shape index (κ1) is 13.1. The first-order valence-electron chi connectivity index (χ1n) is 5.22. The third kappa shape index (κ3) is 3.25. The fourth-order valence-electron chi connectivity index (χ4n) is 1.23. The van der Waals surface area contributed by atoms with Gasteiger partial charge in [0.1, 0.15) is 5.69 Å². The molecule has 1 aromatic rings. The molecule has 3 N–H and O–H groups in total. The normalized spacial score (nSPS) is 10.1. The molecule has 0 spiro atoms. The predicted octanol–water partition coefficient (Wildman–Crippen LogP) is 1.16. The number of nitro groups is 1. The second-order valence-corrected chi connectivity index (χ2v) is 3.39. The van der Waals surface area contributed by atoms with Crippen LogP contribution in [0, 0.1) is 17.0 Å². The van der Waals surface area contributed by atoms with Crippen LogP contribution in [0.5, 0.6) is 5.88 Å². The highest BCUT2D eigenvalue weighted by Gasteiger charge is 2.23. The number of hydrogen-bond donors (Lipinski definition) is 2. The van der Waals surface area contributed by atoms with Crippen molar-refractivity contribution in [3.8, 4) is 5.88 Å². The Morgan fingerprint density at radius 1 is 1.53 bits per heavy atom. The van der Waals surface area contributed by atoms with Crippen molar-refractivity contribution in [2.75, 3.05) is 12.0 Å². The molecule has 0 aliphatic heterocycles. The first-order valence-corrected chi connectivity index (χ1v) is 5.22. The number of nitrogens with one attached hydrogen (secondary N) is 1. The van der Waals surface area contributed by atoms with Gasteiger partial charge in [-0.1, -0.05) is 13.3 Å². The van der Waals surface area contributed by atoms with Gasteiger partial charge in [-0.3, -0.25) is 15.5 Å². The number of rotatable bonds is 6. The number of hydrogen-bond acceptors (Lipinski definition) is 7. The van der Waals surface area contributed by atoms with Crippen LogP contribution < -0.4 is 16.0 Å². The van der Waals surface area contributed by atoms with Crippen molar-refractivity contribution < 1.29 is 9.66 Å². The Morgan fingerprint density at radius 2 is 2.24 bits per heavy atom. The maximum absolute atomic E-state index is 10.9. The number of unbranched alkanes of at least 4 members (excludes halogenated alkanes) is 1. The largest absolute Gasteiger partial charge is 0.473 e. The van der Waals surface area contributed by atoms with Gasteiger partial charge in [-0.15, -0.1) is 0 Å². The summed E-state index contributed by atoms with van der Waals surface area (Å²) in [5.74, 6) is 5.21. The van der Waals surface area contributed by atoms with E-state index in [9.17, 15) is 10.1 Å². The van der Waals surface area contributed by atoms with Crippen LogP contribution in [0.1, 0.15) is 25.5 Å². The Balaban J connectivity index is 3.04. The summed E-state index contributed by atoms with van der Waals surface area (Å²) in [7, 11) is 0. The Bertz CT molecular complexity index is 410. The van der Waals surface area contributed by atoms with Gasteiger partial charge in [0.25, 0.3) is 5.88 Å². The number of nitrogens with two attached hydrogens (primary N) is 1. The highest BCUT2D eigenvalue weighted by atomic mass is 16.6. The molecule has 0 fully saturated rings. The highest BCUT2D eigenvalue weighted by Crippen LogP contribution is 2.28. The van der Waals surface area contributed by atoms with E-state index in [1.165, 1.54) is 6.92 Å². The molecule has 0 amide bonds. The number of anilines is 1. The van der Waals surface area contributed by atoms with E-state index in [0.29, 0.717) is 6.61 Å². The van der Waals surface area contributed by atoms with Gasteiger partial charge in [0, 0.05) is 0 Å². The number of nitrogen functional groups attached to an aromatic ring is 1. The number of ether oxygens (including phenoxy) is 1. The van der Waals surface area contributed by atoms with Crippen molar-refractivity contribution in [2.24, 2.45) is 5.84 Å². The van der Waals surface area contributed by atoms with Gasteiger partial charge in [0.2, 0.25) is 5.95 Å². The summed E-state index contributed by atoms with van der Waals surface area (Å²) in [4.78, 5) is 18.0. The van der Waals surface area contributed by atoms with Gasteiger partial charge in [-0.25, -0.2) is 10.8 Å². The number of nitrogens with zero attached hydrogens (tertiary/aromatic N) is 3. The van der Waals surface area contributed by atoms with Crippen LogP contribution in [-0.4, -0.2) is 21.5 Å². The van der Waals surface area contributed by atoms with Crippen molar-refractivity contribution in [2.45, 2.75) is 26.7 Å². The minimum Gasteiger partial charge on any atom is -0.473 e. The van der Waals surface area contributed by atoms with Gasteiger partial charge in [-0.05, 0) is 13.3 Å². The molecule has 94 valence electrons. The van der Waals surface area contributed by atoms with E-state index < -0.39 is 4.92 Å².